The first kappa shape index (κ1) is 18.6. The van der Waals surface area contributed by atoms with Crippen molar-refractivity contribution in [2.24, 2.45) is 0 Å². The average molecular weight is 390 g/mol. The number of carbonyl (C=O) groups is 2. The molecule has 0 unspecified atom stereocenters. The van der Waals surface area contributed by atoms with Crippen LogP contribution in [0.25, 0.3) is 6.08 Å². The molecule has 0 fully saturated rings. The van der Waals surface area contributed by atoms with Crippen molar-refractivity contribution >= 4 is 35.2 Å². The van der Waals surface area contributed by atoms with Crippen molar-refractivity contribution in [2.45, 2.75) is 0 Å². The Morgan fingerprint density at radius 1 is 1.22 bits per heavy atom. The molecule has 27 heavy (non-hydrogen) atoms. The zero-order valence-electron chi connectivity index (χ0n) is 14.4. The van der Waals surface area contributed by atoms with E-state index in [9.17, 15) is 9.59 Å². The lowest BCUT2D eigenvalue weighted by atomic mass is 10.2. The standard InChI is InChI=1S/C19H16ClNO6/c1-24-14-5-3-13(4-6-14)21-17(22)10-25-18(23)7-2-12-8-15(20)19-16(9-12)26-11-27-19/h2-9H,10-11H2,1H3,(H,21,22)/b7-2+. The van der Waals surface area contributed by atoms with Gasteiger partial charge < -0.3 is 24.3 Å². The predicted molar refractivity (Wildman–Crippen MR) is 99.2 cm³/mol. The SMILES string of the molecule is COc1ccc(NC(=O)COC(=O)/C=C/c2cc(Cl)c3c(c2)OCO3)cc1. The Morgan fingerprint density at radius 3 is 2.74 bits per heavy atom. The third kappa shape index (κ3) is 4.92. The van der Waals surface area contributed by atoms with E-state index in [1.807, 2.05) is 0 Å². The van der Waals surface area contributed by atoms with Gasteiger partial charge in [0.05, 0.1) is 12.1 Å². The molecule has 0 aromatic heterocycles. The summed E-state index contributed by atoms with van der Waals surface area (Å²) in [4.78, 5) is 23.6. The Kier molecular flexibility index (Phi) is 5.83. The first-order valence-corrected chi connectivity index (χ1v) is 8.31. The van der Waals surface area contributed by atoms with Crippen LogP contribution in [0, 0.1) is 0 Å². The number of methoxy groups -OCH3 is 1. The number of anilines is 1. The quantitative estimate of drug-likeness (QED) is 0.603. The summed E-state index contributed by atoms with van der Waals surface area (Å²) in [5.74, 6) is 0.552. The lowest BCUT2D eigenvalue weighted by molar-refractivity contribution is -0.142. The molecule has 1 heterocycles. The molecule has 140 valence electrons. The molecule has 8 heteroatoms. The van der Waals surface area contributed by atoms with E-state index in [0.717, 1.165) is 0 Å². The van der Waals surface area contributed by atoms with Crippen LogP contribution in [-0.2, 0) is 14.3 Å². The second kappa shape index (κ2) is 8.46. The summed E-state index contributed by atoms with van der Waals surface area (Å²) in [5.41, 5.74) is 1.21. The van der Waals surface area contributed by atoms with E-state index in [-0.39, 0.29) is 6.79 Å². The lowest BCUT2D eigenvalue weighted by Gasteiger charge is -2.06. The number of esters is 1. The molecule has 0 radical (unpaired) electrons. The molecule has 0 saturated carbocycles. The van der Waals surface area contributed by atoms with Gasteiger partial charge in [0.2, 0.25) is 6.79 Å². The number of rotatable bonds is 6. The molecule has 0 aliphatic carbocycles. The van der Waals surface area contributed by atoms with Gasteiger partial charge in [0.15, 0.2) is 18.1 Å². The van der Waals surface area contributed by atoms with E-state index in [1.165, 1.54) is 12.2 Å². The van der Waals surface area contributed by atoms with Crippen molar-refractivity contribution in [1.29, 1.82) is 0 Å². The van der Waals surface area contributed by atoms with Crippen LogP contribution in [0.15, 0.2) is 42.5 Å². The zero-order valence-corrected chi connectivity index (χ0v) is 15.1. The highest BCUT2D eigenvalue weighted by atomic mass is 35.5. The summed E-state index contributed by atoms with van der Waals surface area (Å²) in [5, 5.41) is 3.00. The topological polar surface area (TPSA) is 83.1 Å². The number of carbonyl (C=O) groups excluding carboxylic acids is 2. The fourth-order valence-electron chi connectivity index (χ4n) is 2.30. The first-order valence-electron chi connectivity index (χ1n) is 7.93. The first-order chi connectivity index (χ1) is 13.0. The summed E-state index contributed by atoms with van der Waals surface area (Å²) in [7, 11) is 1.55. The highest BCUT2D eigenvalue weighted by Gasteiger charge is 2.17. The van der Waals surface area contributed by atoms with Crippen molar-refractivity contribution in [3.8, 4) is 17.2 Å². The maximum Gasteiger partial charge on any atom is 0.331 e. The Labute approximate surface area is 160 Å². The Balaban J connectivity index is 1.49. The number of fused-ring (bicyclic) bond motifs is 1. The van der Waals surface area contributed by atoms with E-state index in [2.05, 4.69) is 5.32 Å². The number of ether oxygens (including phenoxy) is 4. The van der Waals surface area contributed by atoms with Crippen molar-refractivity contribution in [3.05, 3.63) is 53.1 Å². The van der Waals surface area contributed by atoms with Crippen LogP contribution in [0.1, 0.15) is 5.56 Å². The average Bonchev–Trinajstić information content (AvgIpc) is 3.14. The third-order valence-corrected chi connectivity index (χ3v) is 3.86. The largest absolute Gasteiger partial charge is 0.497 e. The van der Waals surface area contributed by atoms with Gasteiger partial charge in [0.1, 0.15) is 5.75 Å². The maximum atomic E-state index is 11.8. The maximum absolute atomic E-state index is 11.8. The summed E-state index contributed by atoms with van der Waals surface area (Å²) in [6.07, 6.45) is 2.71. The smallest absolute Gasteiger partial charge is 0.331 e. The Hall–Kier alpha value is -3.19. The van der Waals surface area contributed by atoms with Crippen LogP contribution in [0.3, 0.4) is 0 Å². The van der Waals surface area contributed by atoms with Gasteiger partial charge in [0, 0.05) is 11.8 Å². The Morgan fingerprint density at radius 2 is 2.00 bits per heavy atom. The molecule has 0 atom stereocenters. The van der Waals surface area contributed by atoms with Crippen molar-refractivity contribution in [3.63, 3.8) is 0 Å². The molecule has 2 aromatic carbocycles. The molecule has 1 N–H and O–H groups in total. The summed E-state index contributed by atoms with van der Waals surface area (Å²) in [6, 6.07) is 10.1. The number of hydrogen-bond acceptors (Lipinski definition) is 6. The number of nitrogens with one attached hydrogen (secondary N) is 1. The fraction of sp³-hybridized carbons (Fsp3) is 0.158. The van der Waals surface area contributed by atoms with Crippen LogP contribution < -0.4 is 19.5 Å². The molecular weight excluding hydrogens is 374 g/mol. The lowest BCUT2D eigenvalue weighted by Crippen LogP contribution is -2.20. The summed E-state index contributed by atoms with van der Waals surface area (Å²) in [6.45, 7) is -0.301. The molecule has 3 rings (SSSR count). The molecule has 0 spiro atoms. The van der Waals surface area contributed by atoms with Crippen molar-refractivity contribution in [2.75, 3.05) is 25.8 Å². The summed E-state index contributed by atoms with van der Waals surface area (Å²) < 4.78 is 20.4. The molecule has 0 saturated heterocycles. The molecule has 2 aromatic rings. The third-order valence-electron chi connectivity index (χ3n) is 3.58. The Bertz CT molecular complexity index is 879. The minimum Gasteiger partial charge on any atom is -0.497 e. The van der Waals surface area contributed by atoms with E-state index >= 15 is 0 Å². The number of hydrogen-bond donors (Lipinski definition) is 1. The normalized spacial score (nSPS) is 12.1. The highest BCUT2D eigenvalue weighted by molar-refractivity contribution is 6.32. The van der Waals surface area contributed by atoms with Gasteiger partial charge in [-0.3, -0.25) is 4.79 Å². The van der Waals surface area contributed by atoms with Crippen LogP contribution in [0.5, 0.6) is 17.2 Å². The minimum absolute atomic E-state index is 0.105. The minimum atomic E-state index is -0.659. The number of amides is 1. The van der Waals surface area contributed by atoms with Crippen molar-refractivity contribution < 1.29 is 28.5 Å². The van der Waals surface area contributed by atoms with Crippen molar-refractivity contribution in [1.82, 2.24) is 0 Å². The molecule has 7 nitrogen and oxygen atoms in total. The molecule has 1 aliphatic rings. The van der Waals surface area contributed by atoms with Gasteiger partial charge in [-0.05, 0) is 48.0 Å². The van der Waals surface area contributed by atoms with Gasteiger partial charge in [-0.1, -0.05) is 11.6 Å². The van der Waals surface area contributed by atoms with Crippen LogP contribution in [0.2, 0.25) is 5.02 Å². The van der Waals surface area contributed by atoms with Crippen LogP contribution >= 0.6 is 11.6 Å². The summed E-state index contributed by atoms with van der Waals surface area (Å²) >= 11 is 6.07. The monoisotopic (exact) mass is 389 g/mol. The molecule has 1 aliphatic heterocycles. The van der Waals surface area contributed by atoms with E-state index in [1.54, 1.807) is 43.5 Å². The zero-order chi connectivity index (χ0) is 19.2. The second-order valence-corrected chi connectivity index (χ2v) is 5.86. The predicted octanol–water partition coefficient (Wildman–Crippen LogP) is 3.27. The molecule has 1 amide bonds. The van der Waals surface area contributed by atoms with Gasteiger partial charge >= 0.3 is 5.97 Å². The van der Waals surface area contributed by atoms with Crippen LogP contribution in [0.4, 0.5) is 5.69 Å². The van der Waals surface area contributed by atoms with Gasteiger partial charge in [-0.15, -0.1) is 0 Å². The molecular formula is C19H16ClNO6. The van der Waals surface area contributed by atoms with E-state index < -0.39 is 18.5 Å². The highest BCUT2D eigenvalue weighted by Crippen LogP contribution is 2.40. The van der Waals surface area contributed by atoms with Gasteiger partial charge in [-0.2, -0.15) is 0 Å². The second-order valence-electron chi connectivity index (χ2n) is 5.45. The van der Waals surface area contributed by atoms with Gasteiger partial charge in [-0.25, -0.2) is 4.79 Å². The fourth-order valence-corrected chi connectivity index (χ4v) is 2.58. The van der Waals surface area contributed by atoms with Crippen LogP contribution in [-0.4, -0.2) is 32.4 Å². The van der Waals surface area contributed by atoms with Gasteiger partial charge in [0.25, 0.3) is 5.91 Å². The molecule has 0 bridgehead atoms. The number of benzene rings is 2. The number of halogens is 1. The van der Waals surface area contributed by atoms with E-state index in [4.69, 9.17) is 30.5 Å². The van der Waals surface area contributed by atoms with E-state index in [0.29, 0.717) is 33.5 Å².